The molecule has 3 amide bonds. The standard InChI is InChI=1S/C38H47N5O7/c1-38(2,3)50-37(46)43-33(44)16-14-30(36(43)45)27-9-12-29(13-10-27)49-22-21-48-20-19-47-18-17-39-35-31-23-28-11-15-32(34(31)40-25-41-35)42(28)24-26-7-5-4-6-8-26/h4-10,12-13,25,28,30,32H,11,14-24H2,1-3H3,(H,39,40,41)/t28-,30?,32+/m0/s1. The van der Waals surface area contributed by atoms with Gasteiger partial charge >= 0.3 is 6.09 Å². The van der Waals surface area contributed by atoms with E-state index in [0.717, 1.165) is 30.9 Å². The molecule has 0 radical (unpaired) electrons. The molecule has 6 rings (SSSR count). The van der Waals surface area contributed by atoms with Gasteiger partial charge in [-0.25, -0.2) is 14.8 Å². The highest BCUT2D eigenvalue weighted by Gasteiger charge is 2.42. The maximum Gasteiger partial charge on any atom is 0.424 e. The molecular formula is C38H47N5O7. The van der Waals surface area contributed by atoms with Crippen LogP contribution in [0.5, 0.6) is 5.75 Å². The zero-order chi connectivity index (χ0) is 35.1. The van der Waals surface area contributed by atoms with Gasteiger partial charge in [-0.05, 0) is 69.7 Å². The summed E-state index contributed by atoms with van der Waals surface area (Å²) in [6, 6.07) is 18.6. The van der Waals surface area contributed by atoms with E-state index in [-0.39, 0.29) is 6.42 Å². The lowest BCUT2D eigenvalue weighted by atomic mass is 9.89. The number of aromatic nitrogens is 2. The van der Waals surface area contributed by atoms with Crippen LogP contribution in [-0.4, -0.2) is 88.9 Å². The van der Waals surface area contributed by atoms with Crippen LogP contribution >= 0.6 is 0 Å². The second kappa shape index (κ2) is 16.1. The molecule has 12 nitrogen and oxygen atoms in total. The number of fused-ring (bicyclic) bond motifs is 4. The van der Waals surface area contributed by atoms with Gasteiger partial charge in [0.2, 0.25) is 11.8 Å². The number of benzene rings is 2. The van der Waals surface area contributed by atoms with E-state index < -0.39 is 29.4 Å². The number of nitrogens with zero attached hydrogens (tertiary/aromatic N) is 4. The number of hydrogen-bond acceptors (Lipinski definition) is 11. The van der Waals surface area contributed by atoms with Crippen LogP contribution in [0.1, 0.15) is 80.8 Å². The molecule has 4 heterocycles. The van der Waals surface area contributed by atoms with Gasteiger partial charge < -0.3 is 24.3 Å². The molecular weight excluding hydrogens is 638 g/mol. The van der Waals surface area contributed by atoms with Crippen LogP contribution < -0.4 is 10.1 Å². The molecule has 50 heavy (non-hydrogen) atoms. The maximum atomic E-state index is 13.0. The summed E-state index contributed by atoms with van der Waals surface area (Å²) in [5.74, 6) is -0.167. The predicted molar refractivity (Wildman–Crippen MR) is 186 cm³/mol. The quantitative estimate of drug-likeness (QED) is 0.172. The van der Waals surface area contributed by atoms with E-state index in [2.05, 4.69) is 45.5 Å². The number of hydrogen-bond donors (Lipinski definition) is 1. The van der Waals surface area contributed by atoms with Crippen molar-refractivity contribution in [3.63, 3.8) is 0 Å². The fraction of sp³-hybridized carbons (Fsp3) is 0.500. The largest absolute Gasteiger partial charge is 0.491 e. The van der Waals surface area contributed by atoms with Crippen molar-refractivity contribution in [2.24, 2.45) is 0 Å². The van der Waals surface area contributed by atoms with Gasteiger partial charge in [-0.3, -0.25) is 14.5 Å². The van der Waals surface area contributed by atoms with E-state index >= 15 is 0 Å². The Labute approximate surface area is 293 Å². The smallest absolute Gasteiger partial charge is 0.424 e. The number of carbonyl (C=O) groups is 3. The van der Waals surface area contributed by atoms with Crippen molar-refractivity contribution in [2.45, 2.75) is 83.0 Å². The predicted octanol–water partition coefficient (Wildman–Crippen LogP) is 5.43. The molecule has 1 N–H and O–H groups in total. The summed E-state index contributed by atoms with van der Waals surface area (Å²) in [6.45, 7) is 8.86. The average molecular weight is 686 g/mol. The van der Waals surface area contributed by atoms with Crippen molar-refractivity contribution in [3.05, 3.63) is 83.3 Å². The summed E-state index contributed by atoms with van der Waals surface area (Å²) >= 11 is 0. The van der Waals surface area contributed by atoms with Gasteiger partial charge in [-0.2, -0.15) is 4.90 Å². The van der Waals surface area contributed by atoms with Crippen LogP contribution in [0.25, 0.3) is 0 Å². The lowest BCUT2D eigenvalue weighted by molar-refractivity contribution is -0.147. The van der Waals surface area contributed by atoms with Gasteiger partial charge in [0.05, 0.1) is 44.1 Å². The zero-order valence-electron chi connectivity index (χ0n) is 29.1. The van der Waals surface area contributed by atoms with Crippen molar-refractivity contribution in [3.8, 4) is 5.75 Å². The van der Waals surface area contributed by atoms with Gasteiger partial charge in [-0.15, -0.1) is 0 Å². The summed E-state index contributed by atoms with van der Waals surface area (Å²) < 4.78 is 22.5. The molecule has 2 bridgehead atoms. The van der Waals surface area contributed by atoms with Crippen LogP contribution in [0.2, 0.25) is 0 Å². The molecule has 1 unspecified atom stereocenters. The minimum atomic E-state index is -0.933. The maximum absolute atomic E-state index is 13.0. The molecule has 2 aromatic carbocycles. The highest BCUT2D eigenvalue weighted by molar-refractivity contribution is 6.12. The van der Waals surface area contributed by atoms with E-state index in [4.69, 9.17) is 23.9 Å². The Balaban J connectivity index is 0.859. The van der Waals surface area contributed by atoms with Gasteiger partial charge in [0.1, 0.15) is 30.1 Å². The molecule has 2 saturated heterocycles. The molecule has 3 atom stereocenters. The minimum Gasteiger partial charge on any atom is -0.491 e. The van der Waals surface area contributed by atoms with Crippen molar-refractivity contribution >= 4 is 23.7 Å². The first-order valence-corrected chi connectivity index (χ1v) is 17.5. The van der Waals surface area contributed by atoms with E-state index in [1.807, 2.05) is 0 Å². The van der Waals surface area contributed by atoms with E-state index in [0.29, 0.717) is 74.3 Å². The summed E-state index contributed by atoms with van der Waals surface area (Å²) in [4.78, 5) is 50.4. The third kappa shape index (κ3) is 8.66. The molecule has 0 spiro atoms. The summed E-state index contributed by atoms with van der Waals surface area (Å²) in [5.41, 5.74) is 3.63. The Morgan fingerprint density at radius 2 is 1.64 bits per heavy atom. The lowest BCUT2D eigenvalue weighted by Gasteiger charge is -2.36. The SMILES string of the molecule is CC(C)(C)OC(=O)N1C(=O)CCC(c2ccc(OCCOCCOCCNc3ncnc4c3C[C@@H]3CC[C@H]4N3Cc3ccccc3)cc2)C1=O. The Kier molecular flexibility index (Phi) is 11.4. The Morgan fingerprint density at radius 1 is 0.900 bits per heavy atom. The van der Waals surface area contributed by atoms with E-state index in [1.165, 1.54) is 17.5 Å². The Morgan fingerprint density at radius 3 is 2.40 bits per heavy atom. The molecule has 0 aliphatic carbocycles. The summed E-state index contributed by atoms with van der Waals surface area (Å²) in [5, 5.41) is 3.47. The number of imide groups is 3. The number of rotatable bonds is 14. The van der Waals surface area contributed by atoms with Gasteiger partial charge in [0.15, 0.2) is 0 Å². The number of piperidine rings is 1. The molecule has 2 fully saturated rings. The Bertz CT molecular complexity index is 1630. The monoisotopic (exact) mass is 685 g/mol. The van der Waals surface area contributed by atoms with Crippen LogP contribution in [0, 0.1) is 0 Å². The molecule has 266 valence electrons. The topological polar surface area (TPSA) is 132 Å². The van der Waals surface area contributed by atoms with Gasteiger partial charge in [0.25, 0.3) is 0 Å². The van der Waals surface area contributed by atoms with Gasteiger partial charge in [-0.1, -0.05) is 42.5 Å². The second-order valence-corrected chi connectivity index (χ2v) is 13.9. The zero-order valence-corrected chi connectivity index (χ0v) is 29.1. The average Bonchev–Trinajstić information content (AvgIpc) is 3.36. The number of nitrogens with one attached hydrogen (secondary N) is 1. The normalized spacial score (nSPS) is 20.5. The third-order valence-corrected chi connectivity index (χ3v) is 9.27. The first-order chi connectivity index (χ1) is 24.2. The van der Waals surface area contributed by atoms with Crippen molar-refractivity contribution in [2.75, 3.05) is 44.9 Å². The highest BCUT2D eigenvalue weighted by Crippen LogP contribution is 2.45. The fourth-order valence-corrected chi connectivity index (χ4v) is 6.95. The van der Waals surface area contributed by atoms with Crippen LogP contribution in [0.15, 0.2) is 60.9 Å². The number of anilines is 1. The number of carbonyl (C=O) groups excluding carboxylic acids is 3. The van der Waals surface area contributed by atoms with E-state index in [1.54, 1.807) is 51.4 Å². The number of amides is 3. The second-order valence-electron chi connectivity index (χ2n) is 13.9. The Hall–Kier alpha value is -4.39. The highest BCUT2D eigenvalue weighted by atomic mass is 16.6. The molecule has 3 aromatic rings. The van der Waals surface area contributed by atoms with Crippen LogP contribution in [0.4, 0.5) is 10.6 Å². The fourth-order valence-electron chi connectivity index (χ4n) is 6.95. The lowest BCUT2D eigenvalue weighted by Crippen LogP contribution is -2.49. The van der Waals surface area contributed by atoms with Crippen LogP contribution in [0.3, 0.4) is 0 Å². The molecule has 3 aliphatic rings. The van der Waals surface area contributed by atoms with Crippen molar-refractivity contribution in [1.82, 2.24) is 19.8 Å². The van der Waals surface area contributed by atoms with E-state index in [9.17, 15) is 14.4 Å². The summed E-state index contributed by atoms with van der Waals surface area (Å²) in [6.07, 6.45) is 4.43. The number of ether oxygens (including phenoxy) is 4. The molecule has 1 aromatic heterocycles. The number of likely N-dealkylation sites (tertiary alicyclic amines) is 1. The molecule has 12 heteroatoms. The molecule has 0 saturated carbocycles. The van der Waals surface area contributed by atoms with Gasteiger partial charge in [0, 0.05) is 31.1 Å². The van der Waals surface area contributed by atoms with Crippen molar-refractivity contribution in [1.29, 1.82) is 0 Å². The third-order valence-electron chi connectivity index (χ3n) is 9.27. The minimum absolute atomic E-state index is 0.0881. The van der Waals surface area contributed by atoms with Crippen molar-refractivity contribution < 1.29 is 33.3 Å². The summed E-state index contributed by atoms with van der Waals surface area (Å²) in [7, 11) is 0. The first kappa shape index (κ1) is 35.4. The van der Waals surface area contributed by atoms with Crippen LogP contribution in [-0.2, 0) is 36.8 Å². The molecule has 3 aliphatic heterocycles. The first-order valence-electron chi connectivity index (χ1n) is 17.5.